The maximum absolute atomic E-state index is 13.8. The molecule has 0 aromatic carbocycles. The predicted octanol–water partition coefficient (Wildman–Crippen LogP) is 3.16. The SMILES string of the molecule is Fc1c(CCl)ccnc1-n1ccc(C(F)(F)F)n1. The summed E-state index contributed by atoms with van der Waals surface area (Å²) in [5.74, 6) is -1.21. The number of hydrogen-bond acceptors (Lipinski definition) is 2. The van der Waals surface area contributed by atoms with Crippen molar-refractivity contribution in [3.05, 3.63) is 41.6 Å². The molecule has 0 radical (unpaired) electrons. The highest BCUT2D eigenvalue weighted by atomic mass is 35.5. The number of pyridine rings is 1. The van der Waals surface area contributed by atoms with Crippen LogP contribution >= 0.6 is 11.6 Å². The van der Waals surface area contributed by atoms with Crippen molar-refractivity contribution in [2.45, 2.75) is 12.1 Å². The van der Waals surface area contributed by atoms with E-state index in [9.17, 15) is 17.6 Å². The minimum Gasteiger partial charge on any atom is -0.235 e. The summed E-state index contributed by atoms with van der Waals surface area (Å²) < 4.78 is 51.6. The largest absolute Gasteiger partial charge is 0.435 e. The molecule has 0 saturated carbocycles. The van der Waals surface area contributed by atoms with Gasteiger partial charge in [-0.25, -0.2) is 14.1 Å². The van der Waals surface area contributed by atoms with Crippen LogP contribution in [0.15, 0.2) is 24.5 Å². The standard InChI is InChI=1S/C10H6ClF4N3/c11-5-6-1-3-16-9(8(6)12)18-4-2-7(17-18)10(13,14)15/h1-4H,5H2. The van der Waals surface area contributed by atoms with Gasteiger partial charge in [0.2, 0.25) is 0 Å². The van der Waals surface area contributed by atoms with E-state index in [0.717, 1.165) is 16.9 Å². The first-order valence-corrected chi connectivity index (χ1v) is 5.29. The Morgan fingerprint density at radius 1 is 1.28 bits per heavy atom. The van der Waals surface area contributed by atoms with E-state index < -0.39 is 17.7 Å². The average Bonchev–Trinajstić information content (AvgIpc) is 2.78. The van der Waals surface area contributed by atoms with Crippen LogP contribution in [-0.4, -0.2) is 14.8 Å². The highest BCUT2D eigenvalue weighted by Gasteiger charge is 2.34. The number of aromatic nitrogens is 3. The summed E-state index contributed by atoms with van der Waals surface area (Å²) in [4.78, 5) is 3.65. The first kappa shape index (κ1) is 12.8. The van der Waals surface area contributed by atoms with Crippen LogP contribution in [0.1, 0.15) is 11.3 Å². The van der Waals surface area contributed by atoms with Gasteiger partial charge in [-0.3, -0.25) is 0 Å². The zero-order valence-electron chi connectivity index (χ0n) is 8.75. The lowest BCUT2D eigenvalue weighted by molar-refractivity contribution is -0.141. The maximum atomic E-state index is 13.8. The van der Waals surface area contributed by atoms with Crippen molar-refractivity contribution in [3.8, 4) is 5.82 Å². The van der Waals surface area contributed by atoms with Gasteiger partial charge in [0.1, 0.15) is 0 Å². The Bertz CT molecular complexity index is 564. The minimum absolute atomic E-state index is 0.102. The van der Waals surface area contributed by atoms with Crippen LogP contribution in [0.4, 0.5) is 17.6 Å². The zero-order chi connectivity index (χ0) is 13.3. The topological polar surface area (TPSA) is 30.7 Å². The smallest absolute Gasteiger partial charge is 0.235 e. The lowest BCUT2D eigenvalue weighted by Gasteiger charge is -2.05. The van der Waals surface area contributed by atoms with Gasteiger partial charge in [-0.05, 0) is 12.1 Å². The van der Waals surface area contributed by atoms with Crippen LogP contribution in [0.25, 0.3) is 5.82 Å². The van der Waals surface area contributed by atoms with Crippen molar-refractivity contribution in [2.24, 2.45) is 0 Å². The molecule has 0 aliphatic heterocycles. The molecule has 18 heavy (non-hydrogen) atoms. The molecular formula is C10H6ClF4N3. The third kappa shape index (κ3) is 2.31. The van der Waals surface area contributed by atoms with Crippen LogP contribution in [-0.2, 0) is 12.1 Å². The van der Waals surface area contributed by atoms with Gasteiger partial charge < -0.3 is 0 Å². The fourth-order valence-corrected chi connectivity index (χ4v) is 1.53. The summed E-state index contributed by atoms with van der Waals surface area (Å²) in [5, 5.41) is 3.23. The Kier molecular flexibility index (Phi) is 3.25. The lowest BCUT2D eigenvalue weighted by Crippen LogP contribution is -2.09. The van der Waals surface area contributed by atoms with E-state index in [1.807, 2.05) is 0 Å². The number of rotatable bonds is 2. The molecule has 2 aromatic rings. The monoisotopic (exact) mass is 279 g/mol. The average molecular weight is 280 g/mol. The van der Waals surface area contributed by atoms with Gasteiger partial charge in [0.15, 0.2) is 17.3 Å². The molecule has 0 N–H and O–H groups in total. The highest BCUT2D eigenvalue weighted by Crippen LogP contribution is 2.28. The van der Waals surface area contributed by atoms with E-state index in [4.69, 9.17) is 11.6 Å². The van der Waals surface area contributed by atoms with Crippen molar-refractivity contribution < 1.29 is 17.6 Å². The van der Waals surface area contributed by atoms with Gasteiger partial charge in [-0.15, -0.1) is 11.6 Å². The summed E-state index contributed by atoms with van der Waals surface area (Å²) in [5.41, 5.74) is -0.967. The van der Waals surface area contributed by atoms with E-state index >= 15 is 0 Å². The second kappa shape index (κ2) is 4.56. The Hall–Kier alpha value is -1.63. The molecule has 2 rings (SSSR count). The quantitative estimate of drug-likeness (QED) is 0.624. The lowest BCUT2D eigenvalue weighted by atomic mass is 10.3. The van der Waals surface area contributed by atoms with Crippen LogP contribution < -0.4 is 0 Å². The summed E-state index contributed by atoms with van der Waals surface area (Å²) in [6, 6.07) is 2.09. The molecule has 0 atom stereocenters. The Morgan fingerprint density at radius 3 is 2.56 bits per heavy atom. The molecule has 0 saturated heterocycles. The highest BCUT2D eigenvalue weighted by molar-refractivity contribution is 6.17. The number of hydrogen-bond donors (Lipinski definition) is 0. The molecule has 0 spiro atoms. The van der Waals surface area contributed by atoms with Crippen LogP contribution in [0, 0.1) is 5.82 Å². The molecule has 2 aromatic heterocycles. The van der Waals surface area contributed by atoms with E-state index in [1.165, 1.54) is 12.3 Å². The molecule has 2 heterocycles. The van der Waals surface area contributed by atoms with E-state index in [-0.39, 0.29) is 17.3 Å². The number of nitrogens with zero attached hydrogens (tertiary/aromatic N) is 3. The number of alkyl halides is 4. The van der Waals surface area contributed by atoms with Crippen molar-refractivity contribution in [3.63, 3.8) is 0 Å². The third-order valence-electron chi connectivity index (χ3n) is 2.19. The van der Waals surface area contributed by atoms with E-state index in [1.54, 1.807) is 0 Å². The first-order chi connectivity index (χ1) is 8.43. The third-order valence-corrected chi connectivity index (χ3v) is 2.48. The summed E-state index contributed by atoms with van der Waals surface area (Å²) in [6.07, 6.45) is -2.33. The molecule has 8 heteroatoms. The molecular weight excluding hydrogens is 274 g/mol. The Labute approximate surface area is 104 Å². The summed E-state index contributed by atoms with van der Waals surface area (Å²) in [6.45, 7) is 0. The van der Waals surface area contributed by atoms with Gasteiger partial charge in [0.05, 0.1) is 5.88 Å². The van der Waals surface area contributed by atoms with Crippen LogP contribution in [0.2, 0.25) is 0 Å². The van der Waals surface area contributed by atoms with Crippen LogP contribution in [0.5, 0.6) is 0 Å². The van der Waals surface area contributed by atoms with Gasteiger partial charge in [0, 0.05) is 18.0 Å². The Morgan fingerprint density at radius 2 is 2.00 bits per heavy atom. The van der Waals surface area contributed by atoms with E-state index in [2.05, 4.69) is 10.1 Å². The normalized spacial score (nSPS) is 11.8. The van der Waals surface area contributed by atoms with Gasteiger partial charge >= 0.3 is 6.18 Å². The molecule has 0 aliphatic carbocycles. The first-order valence-electron chi connectivity index (χ1n) is 4.76. The minimum atomic E-state index is -4.58. The fourth-order valence-electron chi connectivity index (χ4n) is 1.33. The Balaban J connectivity index is 2.47. The van der Waals surface area contributed by atoms with Crippen LogP contribution in [0.3, 0.4) is 0 Å². The van der Waals surface area contributed by atoms with Gasteiger partial charge in [-0.1, -0.05) is 0 Å². The molecule has 3 nitrogen and oxygen atoms in total. The number of halogens is 5. The fraction of sp³-hybridized carbons (Fsp3) is 0.200. The zero-order valence-corrected chi connectivity index (χ0v) is 9.50. The second-order valence-electron chi connectivity index (χ2n) is 3.38. The van der Waals surface area contributed by atoms with Crippen molar-refractivity contribution in [1.82, 2.24) is 14.8 Å². The van der Waals surface area contributed by atoms with Crippen molar-refractivity contribution >= 4 is 11.6 Å². The molecule has 0 unspecified atom stereocenters. The van der Waals surface area contributed by atoms with Crippen molar-refractivity contribution in [2.75, 3.05) is 0 Å². The summed E-state index contributed by atoms with van der Waals surface area (Å²) >= 11 is 5.49. The molecule has 0 bridgehead atoms. The van der Waals surface area contributed by atoms with Gasteiger partial charge in [0.25, 0.3) is 0 Å². The van der Waals surface area contributed by atoms with Gasteiger partial charge in [-0.2, -0.15) is 18.3 Å². The molecule has 96 valence electrons. The van der Waals surface area contributed by atoms with E-state index in [0.29, 0.717) is 0 Å². The molecule has 0 amide bonds. The maximum Gasteiger partial charge on any atom is 0.435 e. The predicted molar refractivity (Wildman–Crippen MR) is 55.9 cm³/mol. The molecule has 0 aliphatic rings. The van der Waals surface area contributed by atoms with Crippen molar-refractivity contribution in [1.29, 1.82) is 0 Å². The summed E-state index contributed by atoms with van der Waals surface area (Å²) in [7, 11) is 0. The second-order valence-corrected chi connectivity index (χ2v) is 3.65. The molecule has 0 fully saturated rings.